The third-order valence-corrected chi connectivity index (χ3v) is 14.9. The van der Waals surface area contributed by atoms with Crippen LogP contribution in [0.25, 0.3) is 33.3 Å². The highest BCUT2D eigenvalue weighted by Gasteiger charge is 2.36. The Kier molecular flexibility index (Phi) is 11.6. The summed E-state index contributed by atoms with van der Waals surface area (Å²) in [5.74, 6) is -1.09. The minimum atomic E-state index is -4.75. The van der Waals surface area contributed by atoms with Crippen molar-refractivity contribution in [2.24, 2.45) is 12.5 Å². The van der Waals surface area contributed by atoms with E-state index < -0.39 is 49.1 Å². The van der Waals surface area contributed by atoms with Crippen molar-refractivity contribution in [1.29, 1.82) is 0 Å². The van der Waals surface area contributed by atoms with Crippen molar-refractivity contribution in [3.8, 4) is 11.4 Å². The number of ether oxygens (including phenoxy) is 3. The standard InChI is InChI=1S/C47H50ClN9O9S/c1-47(2)12-10-30(35(24-47)28-4-6-31(48)7-5-28)25-54-14-16-55(17-15-54)32-8-9-34(37(21-32)56-38-20-29-11-13-49-44(29)51-43(38)46(59)53(56)3)45(58)52-67(62,63)33-22-39(57(60)61)42-40(23-33)66-26-36(50-42)41-27-64-18-19-65-41/h4-9,11,13,20-23,36,41,50H,10,12,14-19,24-27H2,1-3H3,(H,49,51)(H,52,58)/t36-,41+/m1/s1. The molecule has 0 unspecified atom stereocenters. The van der Waals surface area contributed by atoms with Gasteiger partial charge >= 0.3 is 0 Å². The summed E-state index contributed by atoms with van der Waals surface area (Å²) in [6.07, 6.45) is 4.38. The van der Waals surface area contributed by atoms with Crippen LogP contribution in [0.4, 0.5) is 17.1 Å². The summed E-state index contributed by atoms with van der Waals surface area (Å²) < 4.78 is 50.4. The second-order valence-electron chi connectivity index (χ2n) is 18.4. The molecule has 3 aromatic heterocycles. The Bertz CT molecular complexity index is 3150. The van der Waals surface area contributed by atoms with Gasteiger partial charge in [-0.1, -0.05) is 43.2 Å². The largest absolute Gasteiger partial charge is 0.489 e. The van der Waals surface area contributed by atoms with Crippen LogP contribution in [0.5, 0.6) is 5.75 Å². The Labute approximate surface area is 390 Å². The average molecular weight is 952 g/mol. The quantitative estimate of drug-likeness (QED) is 0.103. The molecule has 350 valence electrons. The molecule has 6 aromatic rings. The zero-order valence-corrected chi connectivity index (χ0v) is 38.8. The van der Waals surface area contributed by atoms with Crippen LogP contribution in [0.2, 0.25) is 5.02 Å². The van der Waals surface area contributed by atoms with Crippen molar-refractivity contribution in [2.75, 3.05) is 69.4 Å². The lowest BCUT2D eigenvalue weighted by atomic mass is 9.72. The number of pyridine rings is 1. The fourth-order valence-electron chi connectivity index (χ4n) is 9.68. The molecule has 10 rings (SSSR count). The van der Waals surface area contributed by atoms with E-state index in [1.807, 2.05) is 18.2 Å². The summed E-state index contributed by atoms with van der Waals surface area (Å²) >= 11 is 6.26. The number of halogens is 1. The van der Waals surface area contributed by atoms with Crippen molar-refractivity contribution < 1.29 is 32.3 Å². The molecule has 0 spiro atoms. The van der Waals surface area contributed by atoms with Crippen molar-refractivity contribution in [1.82, 2.24) is 29.0 Å². The molecule has 3 aliphatic heterocycles. The lowest BCUT2D eigenvalue weighted by Gasteiger charge is -2.39. The molecule has 2 saturated heterocycles. The molecule has 1 aliphatic carbocycles. The lowest BCUT2D eigenvalue weighted by Crippen LogP contribution is -2.47. The van der Waals surface area contributed by atoms with Crippen LogP contribution in [0, 0.1) is 15.5 Å². The Morgan fingerprint density at radius 2 is 1.82 bits per heavy atom. The van der Waals surface area contributed by atoms with Gasteiger partial charge in [0.25, 0.3) is 27.2 Å². The van der Waals surface area contributed by atoms with E-state index in [9.17, 15) is 28.1 Å². The summed E-state index contributed by atoms with van der Waals surface area (Å²) in [6.45, 7) is 9.43. The first kappa shape index (κ1) is 44.6. The van der Waals surface area contributed by atoms with Gasteiger partial charge in [0.1, 0.15) is 18.4 Å². The molecule has 2 atom stereocenters. The topological polar surface area (TPSA) is 208 Å². The van der Waals surface area contributed by atoms with Gasteiger partial charge in [0.15, 0.2) is 17.0 Å². The maximum atomic E-state index is 14.4. The predicted octanol–water partition coefficient (Wildman–Crippen LogP) is 6.26. The Morgan fingerprint density at radius 3 is 2.57 bits per heavy atom. The van der Waals surface area contributed by atoms with Crippen LogP contribution in [0.1, 0.15) is 49.0 Å². The number of nitrogens with zero attached hydrogens (tertiary/aromatic N) is 6. The Hall–Kier alpha value is -6.25. The summed E-state index contributed by atoms with van der Waals surface area (Å²) in [5, 5.41) is 16.9. The number of anilines is 2. The summed E-state index contributed by atoms with van der Waals surface area (Å²) in [6, 6.07) is 18.3. The van der Waals surface area contributed by atoms with E-state index >= 15 is 0 Å². The van der Waals surface area contributed by atoms with Crippen molar-refractivity contribution in [2.45, 2.75) is 50.2 Å². The van der Waals surface area contributed by atoms with E-state index in [1.165, 1.54) is 27.5 Å². The van der Waals surface area contributed by atoms with Gasteiger partial charge < -0.3 is 29.4 Å². The molecule has 3 N–H and O–H groups in total. The van der Waals surface area contributed by atoms with Gasteiger partial charge in [-0.25, -0.2) is 27.5 Å². The van der Waals surface area contributed by atoms with Gasteiger partial charge in [0.2, 0.25) is 0 Å². The number of allylic oxidation sites excluding steroid dienone is 1. The average Bonchev–Trinajstić information content (AvgIpc) is 3.88. The number of sulfonamides is 1. The maximum Gasteiger partial charge on any atom is 0.297 e. The molecule has 20 heteroatoms. The molecule has 3 aromatic carbocycles. The number of aromatic nitrogens is 4. The first-order chi connectivity index (χ1) is 32.1. The molecule has 2 fully saturated rings. The van der Waals surface area contributed by atoms with Gasteiger partial charge in [0.05, 0.1) is 52.4 Å². The number of hydrogen-bond donors (Lipinski definition) is 3. The van der Waals surface area contributed by atoms with Crippen LogP contribution in [-0.4, -0.2) is 115 Å². The number of nitro benzene ring substituents is 1. The molecule has 0 radical (unpaired) electrons. The molecule has 18 nitrogen and oxygen atoms in total. The van der Waals surface area contributed by atoms with Crippen LogP contribution in [0.15, 0.2) is 88.2 Å². The number of nitrogens with one attached hydrogen (secondary N) is 3. The number of benzene rings is 3. The lowest BCUT2D eigenvalue weighted by molar-refractivity contribution is -0.384. The first-order valence-electron chi connectivity index (χ1n) is 22.3. The van der Waals surface area contributed by atoms with Crippen LogP contribution in [-0.2, 0) is 26.5 Å². The van der Waals surface area contributed by atoms with E-state index in [0.29, 0.717) is 42.5 Å². The number of hydrogen-bond acceptors (Lipinski definition) is 13. The summed E-state index contributed by atoms with van der Waals surface area (Å²) in [5.41, 5.74) is 5.21. The minimum Gasteiger partial charge on any atom is -0.489 e. The van der Waals surface area contributed by atoms with Crippen molar-refractivity contribution >= 4 is 72.2 Å². The zero-order valence-electron chi connectivity index (χ0n) is 37.2. The third-order valence-electron chi connectivity index (χ3n) is 13.4. The Balaban J connectivity index is 0.956. The summed E-state index contributed by atoms with van der Waals surface area (Å²) in [4.78, 5) is 51.7. The van der Waals surface area contributed by atoms with Gasteiger partial charge in [-0.15, -0.1) is 0 Å². The molecular weight excluding hydrogens is 902 g/mol. The molecule has 0 saturated carbocycles. The van der Waals surface area contributed by atoms with Crippen molar-refractivity contribution in [3.05, 3.63) is 115 Å². The van der Waals surface area contributed by atoms with E-state index in [-0.39, 0.29) is 46.8 Å². The number of H-pyrrole nitrogens is 1. The van der Waals surface area contributed by atoms with Gasteiger partial charge in [0, 0.05) is 74.2 Å². The second kappa shape index (κ2) is 17.4. The van der Waals surface area contributed by atoms with Gasteiger partial charge in [-0.3, -0.25) is 24.6 Å². The molecule has 67 heavy (non-hydrogen) atoms. The number of rotatable bonds is 10. The number of carbonyl (C=O) groups is 1. The fraction of sp³-hybridized carbons (Fsp3) is 0.383. The van der Waals surface area contributed by atoms with Crippen LogP contribution >= 0.6 is 11.6 Å². The SMILES string of the molecule is Cn1c(=O)c2nc3[nH]ccc3cc2n1-c1cc(N2CCN(CC3=C(c4ccc(Cl)cc4)CC(C)(C)CC3)CC2)ccc1C(=O)NS(=O)(=O)c1cc2c(c([N+](=O)[O-])c1)N[C@@H]([C@@H]1COCCO1)CO2. The van der Waals surface area contributed by atoms with E-state index in [4.69, 9.17) is 25.8 Å². The monoisotopic (exact) mass is 951 g/mol. The number of amides is 1. The van der Waals surface area contributed by atoms with E-state index in [2.05, 4.69) is 55.8 Å². The molecule has 0 bridgehead atoms. The minimum absolute atomic E-state index is 0.0113. The predicted molar refractivity (Wildman–Crippen MR) is 254 cm³/mol. The normalized spacial score (nSPS) is 20.1. The number of nitro groups is 1. The molecule has 4 aliphatic rings. The summed E-state index contributed by atoms with van der Waals surface area (Å²) in [7, 11) is -3.20. The molecule has 1 amide bonds. The maximum absolute atomic E-state index is 14.4. The number of fused-ring (bicyclic) bond motifs is 3. The smallest absolute Gasteiger partial charge is 0.297 e. The van der Waals surface area contributed by atoms with E-state index in [0.717, 1.165) is 62.1 Å². The number of carbonyl (C=O) groups excluding carboxylic acids is 1. The number of aromatic amines is 1. The first-order valence-corrected chi connectivity index (χ1v) is 24.1. The molecular formula is C47H50ClN9O9S. The molecule has 6 heterocycles. The highest BCUT2D eigenvalue weighted by Crippen LogP contribution is 2.44. The fourth-order valence-corrected chi connectivity index (χ4v) is 10.8. The van der Waals surface area contributed by atoms with Gasteiger partial charge in [-0.05, 0) is 78.3 Å². The van der Waals surface area contributed by atoms with Gasteiger partial charge in [-0.2, -0.15) is 0 Å². The van der Waals surface area contributed by atoms with Crippen LogP contribution < -0.4 is 25.2 Å². The third kappa shape index (κ3) is 8.65. The van der Waals surface area contributed by atoms with Crippen LogP contribution in [0.3, 0.4) is 0 Å². The number of piperazine rings is 1. The highest BCUT2D eigenvalue weighted by molar-refractivity contribution is 7.90. The second-order valence-corrected chi connectivity index (χ2v) is 20.5. The zero-order chi connectivity index (χ0) is 46.8. The Morgan fingerprint density at radius 1 is 1.03 bits per heavy atom. The van der Waals surface area contributed by atoms with E-state index in [1.54, 1.807) is 36.1 Å². The van der Waals surface area contributed by atoms with Crippen molar-refractivity contribution in [3.63, 3.8) is 0 Å². The highest BCUT2D eigenvalue weighted by atomic mass is 35.5.